The van der Waals surface area contributed by atoms with Crippen LogP contribution in [0.1, 0.15) is 36.9 Å². The first-order chi connectivity index (χ1) is 12.5. The summed E-state index contributed by atoms with van der Waals surface area (Å²) < 4.78 is 0. The predicted octanol–water partition coefficient (Wildman–Crippen LogP) is 2.90. The van der Waals surface area contributed by atoms with Crippen LogP contribution in [0.4, 0.5) is 0 Å². The topological polar surface area (TPSA) is 62.3 Å². The zero-order chi connectivity index (χ0) is 18.5. The van der Waals surface area contributed by atoms with Crippen LogP contribution in [-0.4, -0.2) is 41.3 Å². The van der Waals surface area contributed by atoms with E-state index in [2.05, 4.69) is 30.4 Å². The van der Waals surface area contributed by atoms with E-state index in [-0.39, 0.29) is 24.3 Å². The second-order valence-corrected chi connectivity index (χ2v) is 6.91. The Balaban J connectivity index is 1.73. The molecule has 0 unspecified atom stereocenters. The summed E-state index contributed by atoms with van der Waals surface area (Å²) in [6.45, 7) is 4.97. The number of hydrogen-bond donors (Lipinski definition) is 1. The summed E-state index contributed by atoms with van der Waals surface area (Å²) >= 11 is 0. The molecule has 1 aromatic heterocycles. The Hall–Kier alpha value is -2.69. The smallest absolute Gasteiger partial charge is 0.241 e. The molecule has 0 radical (unpaired) electrons. The van der Waals surface area contributed by atoms with Gasteiger partial charge in [0, 0.05) is 37.2 Å². The number of aromatic nitrogens is 1. The lowest BCUT2D eigenvalue weighted by molar-refractivity contribution is -0.133. The van der Waals surface area contributed by atoms with Crippen molar-refractivity contribution >= 4 is 11.8 Å². The number of pyridine rings is 1. The molecule has 1 aliphatic heterocycles. The zero-order valence-corrected chi connectivity index (χ0v) is 15.4. The standard InChI is InChI=1S/C21H25N3O2/c1-15-6-3-7-17(12-15)19-9-4-10-20(23-19)18-8-5-11-24(14-18)21(26)13-22-16(2)25/h3-4,6-7,9-10,12,18H,5,8,11,13-14H2,1-2H3,(H,22,25)/t18-/m0/s1. The quantitative estimate of drug-likeness (QED) is 0.921. The van der Waals surface area contributed by atoms with Gasteiger partial charge in [0.05, 0.1) is 12.2 Å². The van der Waals surface area contributed by atoms with E-state index in [0.717, 1.165) is 36.3 Å². The lowest BCUT2D eigenvalue weighted by Crippen LogP contribution is -2.44. The molecule has 3 rings (SSSR count). The number of piperidine rings is 1. The number of amides is 2. The fraction of sp³-hybridized carbons (Fsp3) is 0.381. The van der Waals surface area contributed by atoms with E-state index in [1.807, 2.05) is 29.2 Å². The highest BCUT2D eigenvalue weighted by Gasteiger charge is 2.25. The van der Waals surface area contributed by atoms with Crippen molar-refractivity contribution in [3.05, 3.63) is 53.7 Å². The van der Waals surface area contributed by atoms with E-state index < -0.39 is 0 Å². The highest BCUT2D eigenvalue weighted by Crippen LogP contribution is 2.28. The van der Waals surface area contributed by atoms with Gasteiger partial charge < -0.3 is 10.2 Å². The largest absolute Gasteiger partial charge is 0.347 e. The number of carbonyl (C=O) groups is 2. The highest BCUT2D eigenvalue weighted by atomic mass is 16.2. The molecule has 0 saturated carbocycles. The fourth-order valence-corrected chi connectivity index (χ4v) is 3.40. The summed E-state index contributed by atoms with van der Waals surface area (Å²) in [6, 6.07) is 14.4. The third kappa shape index (κ3) is 4.48. The third-order valence-corrected chi connectivity index (χ3v) is 4.77. The molecular formula is C21H25N3O2. The summed E-state index contributed by atoms with van der Waals surface area (Å²) in [6.07, 6.45) is 1.97. The van der Waals surface area contributed by atoms with Gasteiger partial charge in [-0.3, -0.25) is 14.6 Å². The van der Waals surface area contributed by atoms with E-state index in [1.165, 1.54) is 12.5 Å². The minimum absolute atomic E-state index is 0.0280. The van der Waals surface area contributed by atoms with Crippen LogP contribution in [0.2, 0.25) is 0 Å². The predicted molar refractivity (Wildman–Crippen MR) is 102 cm³/mol. The highest BCUT2D eigenvalue weighted by molar-refractivity contribution is 5.83. The van der Waals surface area contributed by atoms with Gasteiger partial charge in [0.1, 0.15) is 0 Å². The van der Waals surface area contributed by atoms with Crippen LogP contribution in [0.15, 0.2) is 42.5 Å². The van der Waals surface area contributed by atoms with Crippen LogP contribution in [0.25, 0.3) is 11.3 Å². The van der Waals surface area contributed by atoms with Crippen LogP contribution < -0.4 is 5.32 Å². The first-order valence-corrected chi connectivity index (χ1v) is 9.09. The summed E-state index contributed by atoms with van der Waals surface area (Å²) in [5.74, 6) is 0.0222. The Kier molecular flexibility index (Phi) is 5.66. The van der Waals surface area contributed by atoms with E-state index in [9.17, 15) is 9.59 Å². The molecule has 0 bridgehead atoms. The molecular weight excluding hydrogens is 326 g/mol. The molecule has 1 atom stereocenters. The number of rotatable bonds is 4. The van der Waals surface area contributed by atoms with Crippen LogP contribution in [-0.2, 0) is 9.59 Å². The summed E-state index contributed by atoms with van der Waals surface area (Å²) in [4.78, 5) is 30.0. The number of nitrogens with zero attached hydrogens (tertiary/aromatic N) is 2. The van der Waals surface area contributed by atoms with E-state index in [4.69, 9.17) is 4.98 Å². The van der Waals surface area contributed by atoms with Crippen LogP contribution in [0, 0.1) is 6.92 Å². The summed E-state index contributed by atoms with van der Waals surface area (Å²) in [5, 5.41) is 2.59. The molecule has 2 heterocycles. The maximum Gasteiger partial charge on any atom is 0.241 e. The molecule has 1 aromatic carbocycles. The van der Waals surface area contributed by atoms with Crippen molar-refractivity contribution in [3.8, 4) is 11.3 Å². The molecule has 1 fully saturated rings. The van der Waals surface area contributed by atoms with E-state index >= 15 is 0 Å². The molecule has 2 amide bonds. The van der Waals surface area contributed by atoms with Crippen molar-refractivity contribution in [1.82, 2.24) is 15.2 Å². The molecule has 1 N–H and O–H groups in total. The van der Waals surface area contributed by atoms with Gasteiger partial charge in [0.2, 0.25) is 11.8 Å². The van der Waals surface area contributed by atoms with Crippen molar-refractivity contribution in [1.29, 1.82) is 0 Å². The molecule has 2 aromatic rings. The molecule has 5 heteroatoms. The Morgan fingerprint density at radius 2 is 2.04 bits per heavy atom. The van der Waals surface area contributed by atoms with Crippen molar-refractivity contribution in [2.75, 3.05) is 19.6 Å². The minimum atomic E-state index is -0.181. The number of benzene rings is 1. The Bertz CT molecular complexity index is 803. The summed E-state index contributed by atoms with van der Waals surface area (Å²) in [7, 11) is 0. The van der Waals surface area contributed by atoms with Crippen molar-refractivity contribution in [3.63, 3.8) is 0 Å². The number of nitrogens with one attached hydrogen (secondary N) is 1. The minimum Gasteiger partial charge on any atom is -0.347 e. The number of hydrogen-bond acceptors (Lipinski definition) is 3. The molecule has 0 spiro atoms. The third-order valence-electron chi connectivity index (χ3n) is 4.77. The number of likely N-dealkylation sites (tertiary alicyclic amines) is 1. The van der Waals surface area contributed by atoms with Crippen LogP contribution in [0.3, 0.4) is 0 Å². The monoisotopic (exact) mass is 351 g/mol. The maximum absolute atomic E-state index is 12.3. The Labute approximate surface area is 154 Å². The second-order valence-electron chi connectivity index (χ2n) is 6.91. The van der Waals surface area contributed by atoms with Gasteiger partial charge in [-0.25, -0.2) is 0 Å². The van der Waals surface area contributed by atoms with Gasteiger partial charge in [-0.2, -0.15) is 0 Å². The van der Waals surface area contributed by atoms with Gasteiger partial charge in [-0.05, 0) is 38.0 Å². The fourth-order valence-electron chi connectivity index (χ4n) is 3.40. The Morgan fingerprint density at radius 3 is 2.81 bits per heavy atom. The SMILES string of the molecule is CC(=O)NCC(=O)N1CCC[C@H](c2cccc(-c3cccc(C)c3)n2)C1. The van der Waals surface area contributed by atoms with E-state index in [0.29, 0.717) is 6.54 Å². The van der Waals surface area contributed by atoms with Gasteiger partial charge >= 0.3 is 0 Å². The van der Waals surface area contributed by atoms with Crippen molar-refractivity contribution in [2.45, 2.75) is 32.6 Å². The average Bonchev–Trinajstić information content (AvgIpc) is 2.66. The maximum atomic E-state index is 12.3. The van der Waals surface area contributed by atoms with Crippen molar-refractivity contribution < 1.29 is 9.59 Å². The number of aryl methyl sites for hydroxylation is 1. The first kappa shape index (κ1) is 18.1. The van der Waals surface area contributed by atoms with Gasteiger partial charge in [-0.15, -0.1) is 0 Å². The first-order valence-electron chi connectivity index (χ1n) is 9.09. The summed E-state index contributed by atoms with van der Waals surface area (Å²) in [5.41, 5.74) is 4.32. The van der Waals surface area contributed by atoms with E-state index in [1.54, 1.807) is 0 Å². The normalized spacial score (nSPS) is 17.0. The van der Waals surface area contributed by atoms with Crippen LogP contribution in [0.5, 0.6) is 0 Å². The second kappa shape index (κ2) is 8.13. The van der Waals surface area contributed by atoms with Crippen molar-refractivity contribution in [2.24, 2.45) is 0 Å². The average molecular weight is 351 g/mol. The van der Waals surface area contributed by atoms with Gasteiger partial charge in [-0.1, -0.05) is 29.8 Å². The molecule has 5 nitrogen and oxygen atoms in total. The lowest BCUT2D eigenvalue weighted by atomic mass is 9.93. The van der Waals surface area contributed by atoms with Crippen LogP contribution >= 0.6 is 0 Å². The molecule has 1 aliphatic rings. The lowest BCUT2D eigenvalue weighted by Gasteiger charge is -2.32. The molecule has 26 heavy (non-hydrogen) atoms. The molecule has 0 aliphatic carbocycles. The number of carbonyl (C=O) groups excluding carboxylic acids is 2. The molecule has 136 valence electrons. The Morgan fingerprint density at radius 1 is 1.23 bits per heavy atom. The van der Waals surface area contributed by atoms with Gasteiger partial charge in [0.25, 0.3) is 0 Å². The molecule has 1 saturated heterocycles. The van der Waals surface area contributed by atoms with Gasteiger partial charge in [0.15, 0.2) is 0 Å². The zero-order valence-electron chi connectivity index (χ0n) is 15.4.